The highest BCUT2D eigenvalue weighted by Gasteiger charge is 2.76. The Morgan fingerprint density at radius 2 is 2.20 bits per heavy atom. The molecule has 0 aromatic heterocycles. The van der Waals surface area contributed by atoms with Gasteiger partial charge in [0.05, 0.1) is 31.5 Å². The normalized spacial score (nSPS) is 38.1. The smallest absolute Gasteiger partial charge is 0.313 e. The van der Waals surface area contributed by atoms with Crippen molar-refractivity contribution in [2.75, 3.05) is 20.1 Å². The van der Waals surface area contributed by atoms with E-state index in [1.165, 1.54) is 0 Å². The maximum atomic E-state index is 13.0. The fraction of sp³-hybridized carbons (Fsp3) is 0.583. The third kappa shape index (κ3) is 2.21. The van der Waals surface area contributed by atoms with Crippen LogP contribution in [-0.4, -0.2) is 59.2 Å². The first-order chi connectivity index (χ1) is 14.2. The number of likely N-dealkylation sites (tertiary alicyclic amines) is 1. The molecule has 6 heteroatoms. The van der Waals surface area contributed by atoms with E-state index in [0.717, 1.165) is 24.2 Å². The molecule has 1 aromatic carbocycles. The Hall–Kier alpha value is -2.18. The zero-order chi connectivity index (χ0) is 21.5. The van der Waals surface area contributed by atoms with Crippen molar-refractivity contribution < 1.29 is 28.7 Å². The van der Waals surface area contributed by atoms with Crippen LogP contribution >= 0.6 is 0 Å². The summed E-state index contributed by atoms with van der Waals surface area (Å²) in [5, 5.41) is 12.3. The van der Waals surface area contributed by atoms with Crippen molar-refractivity contribution in [3.63, 3.8) is 0 Å². The fourth-order valence-electron chi connectivity index (χ4n) is 6.64. The highest BCUT2D eigenvalue weighted by molar-refractivity contribution is 5.90. The summed E-state index contributed by atoms with van der Waals surface area (Å²) in [6.07, 6.45) is 3.31. The predicted molar refractivity (Wildman–Crippen MR) is 110 cm³/mol. The number of carbonyl (C=O) groups is 2. The fourth-order valence-corrected chi connectivity index (χ4v) is 6.64. The molecule has 1 N–H and O–H groups in total. The van der Waals surface area contributed by atoms with Crippen LogP contribution in [-0.2, 0) is 21.4 Å². The van der Waals surface area contributed by atoms with Gasteiger partial charge < -0.3 is 19.1 Å². The van der Waals surface area contributed by atoms with Gasteiger partial charge in [-0.2, -0.15) is 0 Å². The van der Waals surface area contributed by atoms with Crippen molar-refractivity contribution >= 4 is 11.8 Å². The molecule has 6 nitrogen and oxygen atoms in total. The third-order valence-electron chi connectivity index (χ3n) is 8.12. The van der Waals surface area contributed by atoms with Crippen LogP contribution in [0.4, 0.5) is 0 Å². The molecule has 0 radical (unpaired) electrons. The van der Waals surface area contributed by atoms with Crippen molar-refractivity contribution in [2.24, 2.45) is 5.92 Å². The average molecular weight is 413 g/mol. The van der Waals surface area contributed by atoms with Gasteiger partial charge in [0.25, 0.3) is 0 Å². The molecule has 1 saturated carbocycles. The van der Waals surface area contributed by atoms with Crippen LogP contribution in [0, 0.1) is 5.92 Å². The van der Waals surface area contributed by atoms with Crippen molar-refractivity contribution in [3.8, 4) is 11.5 Å². The molecule has 160 valence electrons. The van der Waals surface area contributed by atoms with E-state index in [1.807, 2.05) is 12.1 Å². The zero-order valence-electron chi connectivity index (χ0n) is 17.9. The summed E-state index contributed by atoms with van der Waals surface area (Å²) < 4.78 is 12.6. The minimum Gasteiger partial charge on any atom is -0.477 e. The number of likely N-dealkylation sites (N-methyl/N-ethyl adjacent to an activating group) is 1. The molecule has 4 aliphatic rings. The second-order valence-corrected chi connectivity index (χ2v) is 10.0. The predicted octanol–water partition coefficient (Wildman–Crippen LogP) is 2.30. The number of Topliss-reactive ketones (excluding diaryl/α,β-unsaturated/α-hetero) is 1. The van der Waals surface area contributed by atoms with E-state index in [4.69, 9.17) is 9.47 Å². The van der Waals surface area contributed by atoms with E-state index >= 15 is 0 Å². The van der Waals surface area contributed by atoms with Gasteiger partial charge in [-0.05, 0) is 24.1 Å². The zero-order valence-corrected chi connectivity index (χ0v) is 17.9. The molecule has 2 bridgehead atoms. The largest absolute Gasteiger partial charge is 0.477 e. The lowest BCUT2D eigenvalue weighted by Gasteiger charge is -2.64. The second-order valence-electron chi connectivity index (χ2n) is 10.0. The molecule has 1 saturated heterocycles. The lowest BCUT2D eigenvalue weighted by molar-refractivity contribution is -0.944. The molecule has 1 unspecified atom stereocenters. The van der Waals surface area contributed by atoms with Crippen LogP contribution < -0.4 is 9.47 Å². The molecule has 0 amide bonds. The van der Waals surface area contributed by atoms with E-state index in [9.17, 15) is 14.7 Å². The maximum absolute atomic E-state index is 13.0. The molecule has 30 heavy (non-hydrogen) atoms. The first kappa shape index (κ1) is 19.8. The van der Waals surface area contributed by atoms with Gasteiger partial charge in [0, 0.05) is 24.8 Å². The van der Waals surface area contributed by atoms with Gasteiger partial charge in [-0.15, -0.1) is 0 Å². The quantitative estimate of drug-likeness (QED) is 0.356. The Morgan fingerprint density at radius 1 is 1.43 bits per heavy atom. The third-order valence-corrected chi connectivity index (χ3v) is 8.12. The van der Waals surface area contributed by atoms with E-state index in [0.29, 0.717) is 41.7 Å². The molecular formula is C24H30NO5+. The molecule has 2 heterocycles. The van der Waals surface area contributed by atoms with Gasteiger partial charge >= 0.3 is 5.97 Å². The number of rotatable bonds is 4. The van der Waals surface area contributed by atoms with Crippen LogP contribution in [0.5, 0.6) is 11.5 Å². The highest BCUT2D eigenvalue weighted by atomic mass is 16.6. The number of aliphatic hydroxyl groups is 1. The summed E-state index contributed by atoms with van der Waals surface area (Å²) in [4.78, 5) is 25.3. The van der Waals surface area contributed by atoms with Gasteiger partial charge in [0.1, 0.15) is 11.6 Å². The van der Waals surface area contributed by atoms with E-state index < -0.39 is 17.1 Å². The number of carbonyl (C=O) groups excluding carboxylic acids is 2. The van der Waals surface area contributed by atoms with Crippen LogP contribution in [0.2, 0.25) is 0 Å². The van der Waals surface area contributed by atoms with E-state index in [-0.39, 0.29) is 23.7 Å². The lowest BCUT2D eigenvalue weighted by Crippen LogP contribution is -2.80. The molecular weight excluding hydrogens is 382 g/mol. The first-order valence-corrected chi connectivity index (χ1v) is 10.9. The molecule has 2 aliphatic heterocycles. The van der Waals surface area contributed by atoms with Gasteiger partial charge in [0.15, 0.2) is 23.4 Å². The number of benzene rings is 1. The van der Waals surface area contributed by atoms with Crippen molar-refractivity contribution in [3.05, 3.63) is 35.9 Å². The molecule has 2 aliphatic carbocycles. The van der Waals surface area contributed by atoms with Crippen LogP contribution in [0.1, 0.15) is 44.2 Å². The van der Waals surface area contributed by atoms with Crippen LogP contribution in [0.15, 0.2) is 24.8 Å². The average Bonchev–Trinajstić information content (AvgIpc) is 3.05. The van der Waals surface area contributed by atoms with Gasteiger partial charge in [-0.25, -0.2) is 0 Å². The van der Waals surface area contributed by atoms with Crippen LogP contribution in [0.3, 0.4) is 0 Å². The van der Waals surface area contributed by atoms with Gasteiger partial charge in [-0.1, -0.05) is 26.5 Å². The first-order valence-electron chi connectivity index (χ1n) is 10.9. The minimum absolute atomic E-state index is 0.0310. The monoisotopic (exact) mass is 412 g/mol. The number of hydrogen-bond donors (Lipinski definition) is 1. The molecule has 2 fully saturated rings. The Labute approximate surface area is 177 Å². The second kappa shape index (κ2) is 6.17. The topological polar surface area (TPSA) is 72.8 Å². The molecule has 1 spiro atoms. The molecule has 1 aromatic rings. The summed E-state index contributed by atoms with van der Waals surface area (Å²) in [7, 11) is 2.18. The lowest BCUT2D eigenvalue weighted by atomic mass is 9.48. The van der Waals surface area contributed by atoms with Crippen molar-refractivity contribution in [1.82, 2.24) is 0 Å². The number of ketones is 1. The summed E-state index contributed by atoms with van der Waals surface area (Å²) in [6, 6.07) is 3.74. The van der Waals surface area contributed by atoms with E-state index in [2.05, 4.69) is 13.6 Å². The summed E-state index contributed by atoms with van der Waals surface area (Å²) in [5.41, 5.74) is 0.183. The summed E-state index contributed by atoms with van der Waals surface area (Å²) in [6.45, 7) is 9.12. The number of piperidine rings is 1. The number of hydrogen-bond acceptors (Lipinski definition) is 5. The van der Waals surface area contributed by atoms with Crippen molar-refractivity contribution in [2.45, 2.75) is 62.7 Å². The van der Waals surface area contributed by atoms with Crippen molar-refractivity contribution in [1.29, 1.82) is 0 Å². The SMILES string of the molecule is C=CC[N+]1(C)CC[C@]23c4c5ccc(OC(=O)C(C)C)c4O[C@H]2C(=O)CC[C@@]3(O)[C@H]1C5. The Balaban J connectivity index is 1.72. The highest BCUT2D eigenvalue weighted by Crippen LogP contribution is 2.65. The van der Waals surface area contributed by atoms with Crippen LogP contribution in [0.25, 0.3) is 0 Å². The van der Waals surface area contributed by atoms with Gasteiger partial charge in [0.2, 0.25) is 0 Å². The molecule has 5 atom stereocenters. The number of nitrogens with zero attached hydrogens (tertiary/aromatic N) is 1. The standard InChI is InChI=1S/C24H30NO5/c1-5-11-25(4)12-10-23-19-15-6-7-17(29-22(27)14(2)3)20(19)30-21(23)16(26)8-9-24(23,28)18(25)13-15/h5-7,14,18,21,28H,1,8-13H2,2-4H3/q+1/t18-,21+,23+,24-,25?/m1/s1. The Kier molecular flexibility index (Phi) is 4.07. The minimum atomic E-state index is -1.04. The Bertz CT molecular complexity index is 971. The number of esters is 1. The maximum Gasteiger partial charge on any atom is 0.313 e. The number of quaternary nitrogens is 1. The van der Waals surface area contributed by atoms with E-state index in [1.54, 1.807) is 19.9 Å². The molecule has 5 rings (SSSR count). The Morgan fingerprint density at radius 3 is 2.90 bits per heavy atom. The number of ether oxygens (including phenoxy) is 2. The van der Waals surface area contributed by atoms with Gasteiger partial charge in [-0.3, -0.25) is 9.59 Å². The summed E-state index contributed by atoms with van der Waals surface area (Å²) in [5.74, 6) is 0.265. The summed E-state index contributed by atoms with van der Waals surface area (Å²) >= 11 is 0.